The van der Waals surface area contributed by atoms with Gasteiger partial charge in [-0.25, -0.2) is 0 Å². The number of benzene rings is 2. The van der Waals surface area contributed by atoms with Crippen molar-refractivity contribution >= 4 is 29.3 Å². The van der Waals surface area contributed by atoms with Gasteiger partial charge in [-0.15, -0.1) is 0 Å². The molecule has 0 radical (unpaired) electrons. The maximum absolute atomic E-state index is 12.6. The van der Waals surface area contributed by atoms with E-state index in [1.165, 1.54) is 18.4 Å². The number of nitrogens with one attached hydrogen (secondary N) is 1. The summed E-state index contributed by atoms with van der Waals surface area (Å²) in [6.07, 6.45) is 5.80. The lowest BCUT2D eigenvalue weighted by molar-refractivity contribution is -0.143. The largest absolute Gasteiger partial charge is 0.490 e. The summed E-state index contributed by atoms with van der Waals surface area (Å²) in [5, 5.41) is 12.3. The van der Waals surface area contributed by atoms with Gasteiger partial charge in [-0.1, -0.05) is 23.7 Å². The third kappa shape index (κ3) is 6.38. The van der Waals surface area contributed by atoms with Gasteiger partial charge in [-0.2, -0.15) is 0 Å². The number of aliphatic carboxylic acids is 1. The normalized spacial score (nSPS) is 19.9. The van der Waals surface area contributed by atoms with E-state index in [4.69, 9.17) is 21.4 Å². The molecule has 7 heteroatoms. The van der Waals surface area contributed by atoms with Crippen molar-refractivity contribution in [3.63, 3.8) is 0 Å². The lowest BCUT2D eigenvalue weighted by atomic mass is 9.87. The third-order valence-corrected chi connectivity index (χ3v) is 6.97. The molecule has 6 nitrogen and oxygen atoms in total. The highest BCUT2D eigenvalue weighted by Crippen LogP contribution is 2.39. The first-order valence-corrected chi connectivity index (χ1v) is 12.4. The maximum atomic E-state index is 12.6. The van der Waals surface area contributed by atoms with Crippen molar-refractivity contribution < 1.29 is 24.2 Å². The van der Waals surface area contributed by atoms with E-state index >= 15 is 0 Å². The lowest BCUT2D eigenvalue weighted by Gasteiger charge is -2.26. The Morgan fingerprint density at radius 1 is 0.971 bits per heavy atom. The number of carbonyl (C=O) groups is 3. The van der Waals surface area contributed by atoms with Crippen LogP contribution in [0.25, 0.3) is 0 Å². The number of carbonyl (C=O) groups excluding carboxylic acids is 2. The highest BCUT2D eigenvalue weighted by atomic mass is 35.5. The number of hydrogen-bond donors (Lipinski definition) is 2. The topological polar surface area (TPSA) is 92.7 Å². The Balaban J connectivity index is 1.20. The second kappa shape index (κ2) is 11.0. The Kier molecular flexibility index (Phi) is 7.88. The van der Waals surface area contributed by atoms with E-state index < -0.39 is 5.97 Å². The minimum atomic E-state index is -0.744. The number of halogens is 1. The van der Waals surface area contributed by atoms with Crippen LogP contribution < -0.4 is 10.1 Å². The summed E-state index contributed by atoms with van der Waals surface area (Å²) in [5.74, 6) is -0.00415. The van der Waals surface area contributed by atoms with E-state index in [-0.39, 0.29) is 30.1 Å². The fourth-order valence-corrected chi connectivity index (χ4v) is 4.70. The van der Waals surface area contributed by atoms with Crippen LogP contribution >= 0.6 is 11.6 Å². The average Bonchev–Trinajstić information content (AvgIpc) is 3.68. The lowest BCUT2D eigenvalue weighted by Crippen LogP contribution is -2.27. The molecule has 2 fully saturated rings. The molecule has 34 heavy (non-hydrogen) atoms. The van der Waals surface area contributed by atoms with E-state index in [1.807, 2.05) is 24.3 Å². The quantitative estimate of drug-likeness (QED) is 0.337. The van der Waals surface area contributed by atoms with Crippen molar-refractivity contribution in [2.75, 3.05) is 6.54 Å². The van der Waals surface area contributed by atoms with Crippen molar-refractivity contribution in [1.82, 2.24) is 5.32 Å². The predicted molar refractivity (Wildman–Crippen MR) is 130 cm³/mol. The van der Waals surface area contributed by atoms with Gasteiger partial charge in [-0.3, -0.25) is 14.4 Å². The zero-order valence-corrected chi connectivity index (χ0v) is 19.9. The Labute approximate surface area is 204 Å². The van der Waals surface area contributed by atoms with E-state index in [2.05, 4.69) is 5.32 Å². The molecular formula is C27H30ClNO5. The standard InChI is InChI=1S/C27H30ClNO5/c28-24-16-22(34-21-11-9-20(10-12-21)27(32)33)13-14-23(24)25(30)2-1-15-29-26(31)19-7-5-18(6-8-19)17-3-4-17/h5-8,13-14,16-17,20-21H,1-4,9-12,15H2,(H,29,31)(H,32,33). The van der Waals surface area contributed by atoms with Crippen LogP contribution in [0.15, 0.2) is 42.5 Å². The number of ketones is 1. The highest BCUT2D eigenvalue weighted by molar-refractivity contribution is 6.34. The first-order chi connectivity index (χ1) is 16.4. The summed E-state index contributed by atoms with van der Waals surface area (Å²) in [4.78, 5) is 36.0. The molecule has 2 aliphatic carbocycles. The molecule has 2 N–H and O–H groups in total. The fraction of sp³-hybridized carbons (Fsp3) is 0.444. The molecule has 2 aromatic carbocycles. The molecule has 0 aromatic heterocycles. The number of hydrogen-bond acceptors (Lipinski definition) is 4. The molecule has 180 valence electrons. The zero-order chi connectivity index (χ0) is 24.1. The SMILES string of the molecule is O=C(NCCCC(=O)c1ccc(OC2CCC(C(=O)O)CC2)cc1Cl)c1ccc(C2CC2)cc1. The molecule has 2 aliphatic rings. The summed E-state index contributed by atoms with van der Waals surface area (Å²) >= 11 is 6.34. The van der Waals surface area contributed by atoms with Crippen LogP contribution in [0.2, 0.25) is 5.02 Å². The molecular weight excluding hydrogens is 454 g/mol. The van der Waals surface area contributed by atoms with Crippen LogP contribution in [-0.4, -0.2) is 35.4 Å². The molecule has 0 heterocycles. The molecule has 0 spiro atoms. The number of carboxylic acid groups (broad SMARTS) is 1. The van der Waals surface area contributed by atoms with Gasteiger partial charge >= 0.3 is 5.97 Å². The van der Waals surface area contributed by atoms with Gasteiger partial charge in [0.15, 0.2) is 5.78 Å². The van der Waals surface area contributed by atoms with Crippen molar-refractivity contribution in [2.45, 2.75) is 63.4 Å². The summed E-state index contributed by atoms with van der Waals surface area (Å²) in [6, 6.07) is 12.8. The number of amides is 1. The molecule has 0 atom stereocenters. The van der Waals surface area contributed by atoms with Gasteiger partial charge < -0.3 is 15.2 Å². The van der Waals surface area contributed by atoms with E-state index in [0.717, 1.165) is 0 Å². The van der Waals surface area contributed by atoms with Crippen molar-refractivity contribution in [3.05, 3.63) is 64.2 Å². The molecule has 2 aromatic rings. The Morgan fingerprint density at radius 2 is 1.68 bits per heavy atom. The van der Waals surface area contributed by atoms with E-state index in [9.17, 15) is 14.4 Å². The second-order valence-electron chi connectivity index (χ2n) is 9.25. The van der Waals surface area contributed by atoms with Crippen LogP contribution in [0, 0.1) is 5.92 Å². The maximum Gasteiger partial charge on any atom is 0.306 e. The number of ether oxygens (including phenoxy) is 1. The number of carboxylic acids is 1. The van der Waals surface area contributed by atoms with Gasteiger partial charge in [-0.05, 0) is 86.8 Å². The molecule has 0 aliphatic heterocycles. The van der Waals surface area contributed by atoms with E-state index in [1.54, 1.807) is 18.2 Å². The Hall–Kier alpha value is -2.86. The van der Waals surface area contributed by atoms with Crippen LogP contribution in [-0.2, 0) is 4.79 Å². The fourth-order valence-electron chi connectivity index (χ4n) is 4.43. The van der Waals surface area contributed by atoms with Gasteiger partial charge in [0, 0.05) is 24.1 Å². The summed E-state index contributed by atoms with van der Waals surface area (Å²) in [6.45, 7) is 0.410. The van der Waals surface area contributed by atoms with Crippen LogP contribution in [0.5, 0.6) is 5.75 Å². The molecule has 0 saturated heterocycles. The van der Waals surface area contributed by atoms with Crippen LogP contribution in [0.3, 0.4) is 0 Å². The van der Waals surface area contributed by atoms with Gasteiger partial charge in [0.2, 0.25) is 0 Å². The molecule has 2 saturated carbocycles. The van der Waals surface area contributed by atoms with Gasteiger partial charge in [0.1, 0.15) is 5.75 Å². The molecule has 0 bridgehead atoms. The summed E-state index contributed by atoms with van der Waals surface area (Å²) in [5.41, 5.74) is 2.36. The summed E-state index contributed by atoms with van der Waals surface area (Å²) in [7, 11) is 0. The van der Waals surface area contributed by atoms with E-state index in [0.29, 0.717) is 66.5 Å². The monoisotopic (exact) mass is 483 g/mol. The Bertz CT molecular complexity index is 1040. The first-order valence-electron chi connectivity index (χ1n) is 12.0. The zero-order valence-electron chi connectivity index (χ0n) is 19.1. The summed E-state index contributed by atoms with van der Waals surface area (Å²) < 4.78 is 5.95. The minimum absolute atomic E-state index is 0.0401. The number of Topliss-reactive ketones (excluding diaryl/α,β-unsaturated/α-hetero) is 1. The average molecular weight is 484 g/mol. The molecule has 0 unspecified atom stereocenters. The van der Waals surface area contributed by atoms with Crippen LogP contribution in [0.1, 0.15) is 83.6 Å². The first kappa shape index (κ1) is 24.3. The van der Waals surface area contributed by atoms with Gasteiger partial charge in [0.25, 0.3) is 5.91 Å². The molecule has 1 amide bonds. The smallest absolute Gasteiger partial charge is 0.306 e. The van der Waals surface area contributed by atoms with Crippen molar-refractivity contribution in [1.29, 1.82) is 0 Å². The van der Waals surface area contributed by atoms with Gasteiger partial charge in [0.05, 0.1) is 17.0 Å². The number of rotatable bonds is 10. The molecule has 4 rings (SSSR count). The van der Waals surface area contributed by atoms with Crippen LogP contribution in [0.4, 0.5) is 0 Å². The predicted octanol–water partition coefficient (Wildman–Crippen LogP) is 5.63. The van der Waals surface area contributed by atoms with Crippen molar-refractivity contribution in [2.24, 2.45) is 5.92 Å². The van der Waals surface area contributed by atoms with Crippen molar-refractivity contribution in [3.8, 4) is 5.75 Å². The highest BCUT2D eigenvalue weighted by Gasteiger charge is 2.27. The Morgan fingerprint density at radius 3 is 2.29 bits per heavy atom. The second-order valence-corrected chi connectivity index (χ2v) is 9.66. The third-order valence-electron chi connectivity index (χ3n) is 6.65. The minimum Gasteiger partial charge on any atom is -0.490 e.